The minimum absolute atomic E-state index is 0.0181. The Morgan fingerprint density at radius 1 is 1.10 bits per heavy atom. The fourth-order valence-corrected chi connectivity index (χ4v) is 2.66. The molecule has 5 nitrogen and oxygen atoms in total. The Kier molecular flexibility index (Phi) is 3.62. The van der Waals surface area contributed by atoms with Crippen LogP contribution in [0.4, 0.5) is 10.7 Å². The Labute approximate surface area is 125 Å². The molecule has 1 saturated carbocycles. The van der Waals surface area contributed by atoms with Gasteiger partial charge in [0.25, 0.3) is 5.91 Å². The van der Waals surface area contributed by atoms with Crippen molar-refractivity contribution in [2.75, 3.05) is 10.6 Å². The minimum atomic E-state index is -0.312. The molecule has 1 aliphatic carbocycles. The van der Waals surface area contributed by atoms with Gasteiger partial charge in [-0.2, -0.15) is 0 Å². The van der Waals surface area contributed by atoms with E-state index in [0.29, 0.717) is 15.6 Å². The molecule has 0 aliphatic heterocycles. The summed E-state index contributed by atoms with van der Waals surface area (Å²) in [6.07, 6.45) is 1.88. The van der Waals surface area contributed by atoms with Crippen molar-refractivity contribution >= 4 is 33.8 Å². The summed E-state index contributed by atoms with van der Waals surface area (Å²) in [6.45, 7) is 0. The van der Waals surface area contributed by atoms with E-state index in [4.69, 9.17) is 0 Å². The van der Waals surface area contributed by atoms with Crippen molar-refractivity contribution < 1.29 is 14.7 Å². The van der Waals surface area contributed by atoms with Crippen LogP contribution in [0.3, 0.4) is 0 Å². The van der Waals surface area contributed by atoms with E-state index in [2.05, 4.69) is 10.6 Å². The maximum atomic E-state index is 12.1. The van der Waals surface area contributed by atoms with Gasteiger partial charge in [-0.1, -0.05) is 12.1 Å². The highest BCUT2D eigenvalue weighted by Gasteiger charge is 2.29. The summed E-state index contributed by atoms with van der Waals surface area (Å²) in [5.41, 5.74) is 0.361. The fourth-order valence-electron chi connectivity index (χ4n) is 1.86. The van der Waals surface area contributed by atoms with Gasteiger partial charge in [0, 0.05) is 5.92 Å². The highest BCUT2D eigenvalue weighted by molar-refractivity contribution is 7.18. The summed E-state index contributed by atoms with van der Waals surface area (Å²) >= 11 is 1.21. The molecular weight excluding hydrogens is 288 g/mol. The number of thiophene rings is 1. The van der Waals surface area contributed by atoms with Gasteiger partial charge in [-0.25, -0.2) is 0 Å². The van der Waals surface area contributed by atoms with Gasteiger partial charge in [-0.3, -0.25) is 9.59 Å². The van der Waals surface area contributed by atoms with Gasteiger partial charge in [0.15, 0.2) is 0 Å². The average molecular weight is 302 g/mol. The van der Waals surface area contributed by atoms with Crippen molar-refractivity contribution in [2.24, 2.45) is 5.92 Å². The smallest absolute Gasteiger partial charge is 0.265 e. The van der Waals surface area contributed by atoms with Crippen molar-refractivity contribution in [2.45, 2.75) is 12.8 Å². The number of hydrogen-bond donors (Lipinski definition) is 3. The second kappa shape index (κ2) is 5.57. The average Bonchev–Trinajstić information content (AvgIpc) is 3.22. The van der Waals surface area contributed by atoms with Crippen molar-refractivity contribution in [3.63, 3.8) is 0 Å². The summed E-state index contributed by atoms with van der Waals surface area (Å²) in [5, 5.41) is 15.7. The third kappa shape index (κ3) is 3.22. The number of carbonyl (C=O) groups excluding carboxylic acids is 2. The van der Waals surface area contributed by atoms with E-state index < -0.39 is 0 Å². The molecule has 1 aromatic carbocycles. The van der Waals surface area contributed by atoms with Gasteiger partial charge in [0.1, 0.15) is 5.75 Å². The molecule has 2 amide bonds. The van der Waals surface area contributed by atoms with E-state index in [1.165, 1.54) is 17.4 Å². The second-order valence-electron chi connectivity index (χ2n) is 4.90. The standard InChI is InChI=1S/C15H14N2O3S/c18-11-4-2-1-3-10(11)16-15(20)12-7-8-13(21-12)17-14(19)9-5-6-9/h1-4,7-9,18H,5-6H2,(H,16,20)(H,17,19). The molecule has 0 radical (unpaired) electrons. The highest BCUT2D eigenvalue weighted by atomic mass is 32.1. The number of hydrogen-bond acceptors (Lipinski definition) is 4. The lowest BCUT2D eigenvalue weighted by Crippen LogP contribution is -2.12. The zero-order valence-corrected chi connectivity index (χ0v) is 11.9. The van der Waals surface area contributed by atoms with Crippen molar-refractivity contribution in [3.05, 3.63) is 41.3 Å². The number of nitrogens with one attached hydrogen (secondary N) is 2. The molecule has 6 heteroatoms. The molecule has 3 rings (SSSR count). The van der Waals surface area contributed by atoms with E-state index in [9.17, 15) is 14.7 Å². The van der Waals surface area contributed by atoms with Crippen LogP contribution in [0.1, 0.15) is 22.5 Å². The third-order valence-corrected chi connectivity index (χ3v) is 4.18. The van der Waals surface area contributed by atoms with Crippen LogP contribution in [0.2, 0.25) is 0 Å². The lowest BCUT2D eigenvalue weighted by molar-refractivity contribution is -0.117. The molecule has 1 fully saturated rings. The first-order valence-corrected chi connectivity index (χ1v) is 7.45. The van der Waals surface area contributed by atoms with E-state index in [-0.39, 0.29) is 23.5 Å². The molecule has 21 heavy (non-hydrogen) atoms. The Hall–Kier alpha value is -2.34. The zero-order valence-electron chi connectivity index (χ0n) is 11.1. The largest absolute Gasteiger partial charge is 0.506 e. The van der Waals surface area contributed by atoms with Gasteiger partial charge in [-0.05, 0) is 37.1 Å². The lowest BCUT2D eigenvalue weighted by Gasteiger charge is -2.05. The quantitative estimate of drug-likeness (QED) is 0.760. The van der Waals surface area contributed by atoms with Gasteiger partial charge in [0.2, 0.25) is 5.91 Å². The molecule has 0 saturated heterocycles. The summed E-state index contributed by atoms with van der Waals surface area (Å²) in [4.78, 5) is 24.2. The molecule has 1 aliphatic rings. The molecule has 3 N–H and O–H groups in total. The number of para-hydroxylation sites is 2. The van der Waals surface area contributed by atoms with Crippen LogP contribution in [-0.2, 0) is 4.79 Å². The van der Waals surface area contributed by atoms with Crippen molar-refractivity contribution in [3.8, 4) is 5.75 Å². The first kappa shape index (κ1) is 13.6. The minimum Gasteiger partial charge on any atom is -0.506 e. The van der Waals surface area contributed by atoms with Crippen LogP contribution in [0.25, 0.3) is 0 Å². The topological polar surface area (TPSA) is 78.4 Å². The maximum absolute atomic E-state index is 12.1. The Balaban J connectivity index is 1.66. The van der Waals surface area contributed by atoms with Crippen LogP contribution in [-0.4, -0.2) is 16.9 Å². The molecule has 0 spiro atoms. The van der Waals surface area contributed by atoms with Crippen LogP contribution >= 0.6 is 11.3 Å². The molecule has 0 unspecified atom stereocenters. The molecule has 2 aromatic rings. The number of carbonyl (C=O) groups is 2. The predicted octanol–water partition coefficient (Wildman–Crippen LogP) is 3.05. The monoisotopic (exact) mass is 302 g/mol. The number of phenolic OH excluding ortho intramolecular Hbond substituents is 1. The van der Waals surface area contributed by atoms with Crippen LogP contribution in [0, 0.1) is 5.92 Å². The third-order valence-electron chi connectivity index (χ3n) is 3.18. The number of benzene rings is 1. The van der Waals surface area contributed by atoms with Crippen LogP contribution in [0.15, 0.2) is 36.4 Å². The summed E-state index contributed by atoms with van der Waals surface area (Å²) in [7, 11) is 0. The number of anilines is 2. The van der Waals surface area contributed by atoms with Crippen molar-refractivity contribution in [1.82, 2.24) is 0 Å². The number of rotatable bonds is 4. The van der Waals surface area contributed by atoms with E-state index >= 15 is 0 Å². The molecule has 108 valence electrons. The fraction of sp³-hybridized carbons (Fsp3) is 0.200. The van der Waals surface area contributed by atoms with Gasteiger partial charge in [-0.15, -0.1) is 11.3 Å². The lowest BCUT2D eigenvalue weighted by atomic mass is 10.3. The normalized spacial score (nSPS) is 13.7. The Bertz CT molecular complexity index is 692. The van der Waals surface area contributed by atoms with Crippen molar-refractivity contribution in [1.29, 1.82) is 0 Å². The Morgan fingerprint density at radius 3 is 2.57 bits per heavy atom. The number of amides is 2. The number of aromatic hydroxyl groups is 1. The van der Waals surface area contributed by atoms with Crippen LogP contribution in [0.5, 0.6) is 5.75 Å². The molecule has 0 atom stereocenters. The summed E-state index contributed by atoms with van der Waals surface area (Å²) < 4.78 is 0. The molecule has 1 aromatic heterocycles. The Morgan fingerprint density at radius 2 is 1.86 bits per heavy atom. The van der Waals surface area contributed by atoms with Gasteiger partial charge in [0.05, 0.1) is 15.6 Å². The predicted molar refractivity (Wildman–Crippen MR) is 81.7 cm³/mol. The molecule has 1 heterocycles. The van der Waals surface area contributed by atoms with E-state index in [1.54, 1.807) is 30.3 Å². The maximum Gasteiger partial charge on any atom is 0.265 e. The highest BCUT2D eigenvalue weighted by Crippen LogP contribution is 2.32. The second-order valence-corrected chi connectivity index (χ2v) is 5.98. The van der Waals surface area contributed by atoms with Crippen LogP contribution < -0.4 is 10.6 Å². The molecule has 0 bridgehead atoms. The first-order chi connectivity index (χ1) is 10.1. The SMILES string of the molecule is O=C(Nc1ccccc1O)c1ccc(NC(=O)C2CC2)s1. The first-order valence-electron chi connectivity index (χ1n) is 6.63. The molecular formula is C15H14N2O3S. The van der Waals surface area contributed by atoms with E-state index in [1.807, 2.05) is 0 Å². The summed E-state index contributed by atoms with van der Waals surface area (Å²) in [5.74, 6) is -0.145. The van der Waals surface area contributed by atoms with E-state index in [0.717, 1.165) is 12.8 Å². The summed E-state index contributed by atoms with van der Waals surface area (Å²) in [6, 6.07) is 9.90. The van der Waals surface area contributed by atoms with Gasteiger partial charge < -0.3 is 15.7 Å². The zero-order chi connectivity index (χ0) is 14.8. The number of phenols is 1. The van der Waals surface area contributed by atoms with Gasteiger partial charge >= 0.3 is 0 Å².